The molecule has 4 heteroatoms. The molecule has 43 heavy (non-hydrogen) atoms. The Hall–Kier alpha value is -0.770. The van der Waals surface area contributed by atoms with E-state index in [1.807, 2.05) is 0 Å². The maximum absolute atomic E-state index is 12.6. The van der Waals surface area contributed by atoms with Gasteiger partial charge in [0.2, 0.25) is 0 Å². The van der Waals surface area contributed by atoms with Crippen LogP contribution in [-0.4, -0.2) is 30.9 Å². The standard InChI is InChI=1S/C39H79NO3/c1-6-9-11-13-15-17-19-21-23-25-27-29-32-37(33-30-28-26-24-22-20-18-16-14-12-10-7-2)43-38(41)40-35-31-36-42-39(4,5)34-8-3/h37H,6-36H2,1-5H3,(H,40,41). The Bertz CT molecular complexity index is 537. The van der Waals surface area contributed by atoms with Crippen LogP contribution in [-0.2, 0) is 9.47 Å². The van der Waals surface area contributed by atoms with Crippen LogP contribution in [0.1, 0.15) is 221 Å². The Balaban J connectivity index is 4.15. The van der Waals surface area contributed by atoms with Crippen LogP contribution in [0.2, 0.25) is 0 Å². The highest BCUT2D eigenvalue weighted by atomic mass is 16.6. The zero-order chi connectivity index (χ0) is 31.7. The molecule has 0 fully saturated rings. The van der Waals surface area contributed by atoms with Gasteiger partial charge in [-0.2, -0.15) is 0 Å². The summed E-state index contributed by atoms with van der Waals surface area (Å²) < 4.78 is 11.9. The topological polar surface area (TPSA) is 47.6 Å². The monoisotopic (exact) mass is 610 g/mol. The number of alkyl carbamates (subject to hydrolysis) is 1. The predicted octanol–water partition coefficient (Wildman–Crippen LogP) is 13.2. The number of carbonyl (C=O) groups excluding carboxylic acids is 1. The molecule has 0 aromatic heterocycles. The van der Waals surface area contributed by atoms with Gasteiger partial charge in [-0.3, -0.25) is 0 Å². The van der Waals surface area contributed by atoms with Crippen LogP contribution in [0.5, 0.6) is 0 Å². The first-order valence-corrected chi connectivity index (χ1v) is 19.5. The third kappa shape index (κ3) is 32.4. The second kappa shape index (κ2) is 32.6. The van der Waals surface area contributed by atoms with Gasteiger partial charge in [0.1, 0.15) is 6.10 Å². The van der Waals surface area contributed by atoms with Crippen molar-refractivity contribution in [3.8, 4) is 0 Å². The maximum Gasteiger partial charge on any atom is 0.407 e. The number of unbranched alkanes of at least 4 members (excludes halogenated alkanes) is 22. The maximum atomic E-state index is 12.6. The molecule has 0 atom stereocenters. The SMILES string of the molecule is CCCCCCCCCCCCCCC(CCCCCCCCCCCCCC)OC(=O)NCCCOC(C)(C)CCC. The van der Waals surface area contributed by atoms with Crippen molar-refractivity contribution in [2.75, 3.05) is 13.2 Å². The second-order valence-electron chi connectivity index (χ2n) is 14.0. The molecular formula is C39H79NO3. The Labute approximate surface area is 271 Å². The molecule has 0 aliphatic carbocycles. The van der Waals surface area contributed by atoms with Crippen LogP contribution in [0.15, 0.2) is 0 Å². The summed E-state index contributed by atoms with van der Waals surface area (Å²) in [6.07, 6.45) is 37.5. The molecule has 258 valence electrons. The summed E-state index contributed by atoms with van der Waals surface area (Å²) >= 11 is 0. The number of rotatable bonds is 34. The lowest BCUT2D eigenvalue weighted by Crippen LogP contribution is -2.31. The van der Waals surface area contributed by atoms with Gasteiger partial charge in [0.25, 0.3) is 0 Å². The van der Waals surface area contributed by atoms with Crippen molar-refractivity contribution in [2.24, 2.45) is 0 Å². The molecule has 0 saturated carbocycles. The van der Waals surface area contributed by atoms with E-state index in [9.17, 15) is 4.79 Å². The number of ether oxygens (including phenoxy) is 2. The fraction of sp³-hybridized carbons (Fsp3) is 0.974. The summed E-state index contributed by atoms with van der Waals surface area (Å²) in [5, 5.41) is 2.98. The number of nitrogens with one attached hydrogen (secondary N) is 1. The van der Waals surface area contributed by atoms with E-state index < -0.39 is 0 Å². The van der Waals surface area contributed by atoms with E-state index in [4.69, 9.17) is 9.47 Å². The number of carbonyl (C=O) groups is 1. The minimum absolute atomic E-state index is 0.0611. The van der Waals surface area contributed by atoms with Crippen LogP contribution in [0.25, 0.3) is 0 Å². The molecule has 0 rings (SSSR count). The van der Waals surface area contributed by atoms with Gasteiger partial charge in [0.15, 0.2) is 0 Å². The van der Waals surface area contributed by atoms with Crippen molar-refractivity contribution in [3.63, 3.8) is 0 Å². The third-order valence-corrected chi connectivity index (χ3v) is 8.97. The van der Waals surface area contributed by atoms with Crippen LogP contribution in [0.3, 0.4) is 0 Å². The lowest BCUT2D eigenvalue weighted by atomic mass is 10.0. The fourth-order valence-electron chi connectivity index (χ4n) is 6.17. The summed E-state index contributed by atoms with van der Waals surface area (Å²) in [6.45, 7) is 12.3. The minimum atomic E-state index is -0.240. The van der Waals surface area contributed by atoms with E-state index >= 15 is 0 Å². The zero-order valence-corrected chi connectivity index (χ0v) is 30.2. The van der Waals surface area contributed by atoms with Gasteiger partial charge in [0, 0.05) is 13.2 Å². The molecule has 0 spiro atoms. The first-order valence-electron chi connectivity index (χ1n) is 19.5. The lowest BCUT2D eigenvalue weighted by molar-refractivity contribution is -0.0246. The highest BCUT2D eigenvalue weighted by Gasteiger charge is 2.17. The average Bonchev–Trinajstić information content (AvgIpc) is 2.97. The molecule has 1 N–H and O–H groups in total. The average molecular weight is 610 g/mol. The third-order valence-electron chi connectivity index (χ3n) is 8.97. The summed E-state index contributed by atoms with van der Waals surface area (Å²) in [7, 11) is 0. The lowest BCUT2D eigenvalue weighted by Gasteiger charge is -2.24. The highest BCUT2D eigenvalue weighted by Crippen LogP contribution is 2.19. The molecule has 0 radical (unpaired) electrons. The van der Waals surface area contributed by atoms with Crippen LogP contribution in [0.4, 0.5) is 4.79 Å². The van der Waals surface area contributed by atoms with Gasteiger partial charge in [-0.15, -0.1) is 0 Å². The Morgan fingerprint density at radius 1 is 0.535 bits per heavy atom. The molecule has 1 amide bonds. The normalized spacial score (nSPS) is 11.9. The summed E-state index contributed by atoms with van der Waals surface area (Å²) in [5.41, 5.74) is -0.0805. The first kappa shape index (κ1) is 42.2. The van der Waals surface area contributed by atoms with Crippen LogP contribution in [0, 0.1) is 0 Å². The van der Waals surface area contributed by atoms with Crippen molar-refractivity contribution < 1.29 is 14.3 Å². The van der Waals surface area contributed by atoms with Gasteiger partial charge in [-0.1, -0.05) is 168 Å². The zero-order valence-electron chi connectivity index (χ0n) is 30.2. The fourth-order valence-corrected chi connectivity index (χ4v) is 6.17. The Kier molecular flexibility index (Phi) is 32.0. The minimum Gasteiger partial charge on any atom is -0.446 e. The Morgan fingerprint density at radius 2 is 0.907 bits per heavy atom. The molecular weight excluding hydrogens is 530 g/mol. The van der Waals surface area contributed by atoms with Crippen molar-refractivity contribution in [1.29, 1.82) is 0 Å². The van der Waals surface area contributed by atoms with Crippen molar-refractivity contribution >= 4 is 6.09 Å². The van der Waals surface area contributed by atoms with Crippen molar-refractivity contribution in [3.05, 3.63) is 0 Å². The van der Waals surface area contributed by atoms with E-state index in [0.717, 1.165) is 32.1 Å². The van der Waals surface area contributed by atoms with E-state index in [-0.39, 0.29) is 17.8 Å². The second-order valence-corrected chi connectivity index (χ2v) is 14.0. The number of hydrogen-bond donors (Lipinski definition) is 1. The molecule has 0 unspecified atom stereocenters. The number of hydrogen-bond acceptors (Lipinski definition) is 3. The quantitative estimate of drug-likeness (QED) is 0.0738. The van der Waals surface area contributed by atoms with E-state index in [1.165, 1.54) is 154 Å². The molecule has 0 aromatic rings. The summed E-state index contributed by atoms with van der Waals surface area (Å²) in [5.74, 6) is 0. The summed E-state index contributed by atoms with van der Waals surface area (Å²) in [6, 6.07) is 0. The van der Waals surface area contributed by atoms with Crippen LogP contribution < -0.4 is 5.32 Å². The van der Waals surface area contributed by atoms with Gasteiger partial charge in [-0.05, 0) is 52.4 Å². The number of amides is 1. The van der Waals surface area contributed by atoms with Gasteiger partial charge in [-0.25, -0.2) is 4.79 Å². The first-order chi connectivity index (χ1) is 20.9. The largest absolute Gasteiger partial charge is 0.446 e. The van der Waals surface area contributed by atoms with Crippen LogP contribution >= 0.6 is 0 Å². The van der Waals surface area contributed by atoms with E-state index in [0.29, 0.717) is 13.2 Å². The molecule has 0 heterocycles. The molecule has 0 bridgehead atoms. The molecule has 0 aromatic carbocycles. The van der Waals surface area contributed by atoms with Crippen molar-refractivity contribution in [1.82, 2.24) is 5.32 Å². The molecule has 0 saturated heterocycles. The van der Waals surface area contributed by atoms with E-state index in [2.05, 4.69) is 39.9 Å². The Morgan fingerprint density at radius 3 is 1.28 bits per heavy atom. The van der Waals surface area contributed by atoms with Crippen molar-refractivity contribution in [2.45, 2.75) is 233 Å². The molecule has 0 aliphatic rings. The molecule has 4 nitrogen and oxygen atoms in total. The van der Waals surface area contributed by atoms with Gasteiger partial charge < -0.3 is 14.8 Å². The summed E-state index contributed by atoms with van der Waals surface area (Å²) in [4.78, 5) is 12.6. The highest BCUT2D eigenvalue weighted by molar-refractivity contribution is 5.67. The van der Waals surface area contributed by atoms with E-state index in [1.54, 1.807) is 0 Å². The smallest absolute Gasteiger partial charge is 0.407 e. The van der Waals surface area contributed by atoms with Gasteiger partial charge in [0.05, 0.1) is 5.60 Å². The predicted molar refractivity (Wildman–Crippen MR) is 189 cm³/mol. The van der Waals surface area contributed by atoms with Gasteiger partial charge >= 0.3 is 6.09 Å². The molecule has 0 aliphatic heterocycles.